The van der Waals surface area contributed by atoms with Gasteiger partial charge in [-0.15, -0.1) is 11.3 Å². The van der Waals surface area contributed by atoms with Crippen LogP contribution >= 0.6 is 11.3 Å². The summed E-state index contributed by atoms with van der Waals surface area (Å²) < 4.78 is 4.01. The van der Waals surface area contributed by atoms with Gasteiger partial charge in [0.05, 0.1) is 20.8 Å². The number of unbranched alkanes of at least 4 members (excludes halogenated alkanes) is 14. The van der Waals surface area contributed by atoms with Gasteiger partial charge in [0, 0.05) is 43.2 Å². The molecule has 0 bridgehead atoms. The van der Waals surface area contributed by atoms with Crippen molar-refractivity contribution in [3.8, 4) is 10.6 Å². The van der Waals surface area contributed by atoms with Gasteiger partial charge in [0.15, 0.2) is 0 Å². The van der Waals surface area contributed by atoms with Crippen LogP contribution in [0, 0.1) is 0 Å². The van der Waals surface area contributed by atoms with Crippen molar-refractivity contribution in [2.45, 2.75) is 148 Å². The number of hydrogen-bond acceptors (Lipinski definition) is 3. The molecule has 1 aliphatic carbocycles. The maximum Gasteiger partial charge on any atom is 0.204 e. The van der Waals surface area contributed by atoms with E-state index in [0.29, 0.717) is 0 Å². The Morgan fingerprint density at radius 3 is 1.91 bits per heavy atom. The molecule has 0 N–H and O–H groups in total. The highest BCUT2D eigenvalue weighted by Crippen LogP contribution is 2.33. The lowest BCUT2D eigenvalue weighted by Gasteiger charge is -2.29. The van der Waals surface area contributed by atoms with Crippen LogP contribution in [-0.4, -0.2) is 31.2 Å². The minimum absolute atomic E-state index is 0. The van der Waals surface area contributed by atoms with Crippen molar-refractivity contribution in [2.24, 2.45) is 0 Å². The Balaban J connectivity index is 0.00000442. The highest BCUT2D eigenvalue weighted by Gasteiger charge is 2.19. The monoisotopic (exact) mass is 729 g/mol. The first-order valence-electron chi connectivity index (χ1n) is 18.5. The average Bonchev–Trinajstić information content (AvgIpc) is 3.06. The molecule has 44 heavy (non-hydrogen) atoms. The fourth-order valence-electron chi connectivity index (χ4n) is 7.36. The second-order valence-electron chi connectivity index (χ2n) is 13.6. The number of nitrogens with zero attached hydrogens (tertiary/aromatic N) is 3. The lowest BCUT2D eigenvalue weighted by atomic mass is 10.0. The van der Waals surface area contributed by atoms with Crippen LogP contribution < -0.4 is 38.8 Å². The SMILES string of the molecule is CCCCCCCCCCCCCCCCCc1cc2nc3ccc(N4CCCCC4)cc3sc-2cc1=[N+]1CCCCC1.[I-]. The van der Waals surface area contributed by atoms with Gasteiger partial charge < -0.3 is 28.9 Å². The second-order valence-corrected chi connectivity index (χ2v) is 14.7. The largest absolute Gasteiger partial charge is 1.00 e. The van der Waals surface area contributed by atoms with Crippen molar-refractivity contribution < 1.29 is 24.0 Å². The van der Waals surface area contributed by atoms with Crippen LogP contribution in [0.25, 0.3) is 20.8 Å². The van der Waals surface area contributed by atoms with Crippen LogP contribution in [-0.2, 0) is 6.42 Å². The zero-order chi connectivity index (χ0) is 29.5. The summed E-state index contributed by atoms with van der Waals surface area (Å²) in [5.41, 5.74) is 5.26. The molecule has 0 radical (unpaired) electrons. The Morgan fingerprint density at radius 1 is 0.682 bits per heavy atom. The van der Waals surface area contributed by atoms with Gasteiger partial charge in [0.25, 0.3) is 0 Å². The number of rotatable bonds is 17. The van der Waals surface area contributed by atoms with Crippen LogP contribution in [0.5, 0.6) is 0 Å². The number of aromatic nitrogens is 1. The van der Waals surface area contributed by atoms with E-state index in [9.17, 15) is 0 Å². The van der Waals surface area contributed by atoms with E-state index in [2.05, 4.69) is 46.7 Å². The summed E-state index contributed by atoms with van der Waals surface area (Å²) in [6.07, 6.45) is 30.6. The van der Waals surface area contributed by atoms with Crippen molar-refractivity contribution in [1.82, 2.24) is 9.56 Å². The maximum atomic E-state index is 5.21. The molecule has 0 spiro atoms. The van der Waals surface area contributed by atoms with E-state index >= 15 is 0 Å². The molecular formula is C39H60IN3S. The Labute approximate surface area is 290 Å². The van der Waals surface area contributed by atoms with Crippen LogP contribution in [0.2, 0.25) is 0 Å². The van der Waals surface area contributed by atoms with Crippen LogP contribution in [0.15, 0.2) is 30.3 Å². The molecule has 0 amide bonds. The van der Waals surface area contributed by atoms with Gasteiger partial charge in [0.2, 0.25) is 5.36 Å². The molecule has 3 heterocycles. The number of anilines is 1. The van der Waals surface area contributed by atoms with E-state index in [4.69, 9.17) is 4.98 Å². The maximum absolute atomic E-state index is 5.21. The van der Waals surface area contributed by atoms with E-state index in [1.807, 2.05) is 11.3 Å². The van der Waals surface area contributed by atoms with Gasteiger partial charge in [-0.05, 0) is 62.8 Å². The third kappa shape index (κ3) is 11.0. The normalized spacial score (nSPS) is 15.7. The zero-order valence-electron chi connectivity index (χ0n) is 27.9. The van der Waals surface area contributed by atoms with Crippen molar-refractivity contribution >= 4 is 27.2 Å². The topological polar surface area (TPSA) is 19.1 Å². The molecule has 3 nitrogen and oxygen atoms in total. The van der Waals surface area contributed by atoms with Gasteiger partial charge in [-0.3, -0.25) is 0 Å². The molecule has 0 aromatic heterocycles. The predicted molar refractivity (Wildman–Crippen MR) is 190 cm³/mol. The standard InChI is InChI=1S/C39H60N3S.HI/c1-2-3-4-5-6-7-8-9-10-11-12-13-14-15-18-23-33-30-36-39(32-37(33)42-28-21-17-22-29-42)43-38-31-34(24-25-35(38)40-36)41-26-19-16-20-27-41;/h24-25,30-32H,2-23,26-29H2,1H3;1H/q+1;/p-1. The number of hydrogen-bond donors (Lipinski definition) is 0. The zero-order valence-corrected chi connectivity index (χ0v) is 30.9. The highest BCUT2D eigenvalue weighted by atomic mass is 127. The summed E-state index contributed by atoms with van der Waals surface area (Å²) in [4.78, 5) is 9.13. The van der Waals surface area contributed by atoms with Crippen molar-refractivity contribution in [1.29, 1.82) is 0 Å². The van der Waals surface area contributed by atoms with Gasteiger partial charge in [-0.1, -0.05) is 96.8 Å². The summed E-state index contributed by atoms with van der Waals surface area (Å²) >= 11 is 1.95. The Kier molecular flexibility index (Phi) is 16.3. The third-order valence-electron chi connectivity index (χ3n) is 10.0. The molecule has 0 atom stereocenters. The molecule has 0 unspecified atom stereocenters. The Bertz CT molecular complexity index is 1270. The number of fused-ring (bicyclic) bond motifs is 2. The molecular weight excluding hydrogens is 669 g/mol. The predicted octanol–water partition coefficient (Wildman–Crippen LogP) is 7.77. The smallest absolute Gasteiger partial charge is 0.204 e. The molecule has 2 fully saturated rings. The second kappa shape index (κ2) is 20.1. The fraction of sp³-hybridized carbons (Fsp3) is 0.692. The van der Waals surface area contributed by atoms with Crippen molar-refractivity contribution in [3.63, 3.8) is 0 Å². The average molecular weight is 730 g/mol. The minimum atomic E-state index is 0. The molecule has 0 saturated carbocycles. The number of benzene rings is 2. The lowest BCUT2D eigenvalue weighted by molar-refractivity contribution is -0.00000892. The molecule has 4 aliphatic rings. The van der Waals surface area contributed by atoms with E-state index in [1.54, 1.807) is 0 Å². The van der Waals surface area contributed by atoms with Gasteiger partial charge in [0.1, 0.15) is 13.1 Å². The first-order valence-corrected chi connectivity index (χ1v) is 19.3. The Hall–Kier alpha value is -1.21. The summed E-state index contributed by atoms with van der Waals surface area (Å²) in [5.74, 6) is 0. The van der Waals surface area contributed by atoms with Gasteiger partial charge in [-0.25, -0.2) is 9.56 Å². The molecule has 3 aliphatic heterocycles. The lowest BCUT2D eigenvalue weighted by Crippen LogP contribution is -3.00. The molecule has 244 valence electrons. The van der Waals surface area contributed by atoms with E-state index in [-0.39, 0.29) is 24.0 Å². The van der Waals surface area contributed by atoms with E-state index < -0.39 is 0 Å². The van der Waals surface area contributed by atoms with Gasteiger partial charge >= 0.3 is 0 Å². The molecule has 5 rings (SSSR count). The van der Waals surface area contributed by atoms with E-state index in [1.165, 1.54) is 199 Å². The summed E-state index contributed by atoms with van der Waals surface area (Å²) in [6, 6.07) is 11.9. The molecule has 5 heteroatoms. The summed E-state index contributed by atoms with van der Waals surface area (Å²) in [6.45, 7) is 7.11. The summed E-state index contributed by atoms with van der Waals surface area (Å²) in [7, 11) is 0. The van der Waals surface area contributed by atoms with Crippen molar-refractivity contribution in [3.05, 3.63) is 41.3 Å². The first kappa shape index (κ1) is 35.6. The van der Waals surface area contributed by atoms with Crippen LogP contribution in [0.3, 0.4) is 0 Å². The van der Waals surface area contributed by atoms with Crippen LogP contribution in [0.1, 0.15) is 147 Å². The number of aryl methyl sites for hydroxylation is 1. The third-order valence-corrected chi connectivity index (χ3v) is 11.1. The summed E-state index contributed by atoms with van der Waals surface area (Å²) in [5, 5.41) is 1.50. The number of halogens is 1. The van der Waals surface area contributed by atoms with E-state index in [0.717, 1.165) is 5.52 Å². The first-order chi connectivity index (χ1) is 21.3. The highest BCUT2D eigenvalue weighted by molar-refractivity contribution is 7.21. The van der Waals surface area contributed by atoms with Crippen molar-refractivity contribution in [2.75, 3.05) is 31.1 Å². The molecule has 1 aromatic carbocycles. The fourth-order valence-corrected chi connectivity index (χ4v) is 8.37. The quantitative estimate of drug-likeness (QED) is 0.0613. The minimum Gasteiger partial charge on any atom is -1.00 e. The number of piperidine rings is 2. The van der Waals surface area contributed by atoms with Gasteiger partial charge in [-0.2, -0.15) is 0 Å². The van der Waals surface area contributed by atoms with Crippen LogP contribution in [0.4, 0.5) is 5.69 Å². The molecule has 2 saturated heterocycles. The Morgan fingerprint density at radius 2 is 1.27 bits per heavy atom. The molecule has 1 aromatic rings.